The maximum absolute atomic E-state index is 13.2. The molecule has 1 aromatic carbocycles. The summed E-state index contributed by atoms with van der Waals surface area (Å²) >= 11 is 0. The van der Waals surface area contributed by atoms with Gasteiger partial charge in [0.25, 0.3) is 5.92 Å². The number of alkyl halides is 2. The molecule has 0 spiro atoms. The summed E-state index contributed by atoms with van der Waals surface area (Å²) in [4.78, 5) is 0. The van der Waals surface area contributed by atoms with E-state index >= 15 is 0 Å². The van der Waals surface area contributed by atoms with Crippen LogP contribution in [0.15, 0.2) is 18.2 Å². The summed E-state index contributed by atoms with van der Waals surface area (Å²) in [5, 5.41) is 8.57. The van der Waals surface area contributed by atoms with E-state index in [1.54, 1.807) is 0 Å². The zero-order chi connectivity index (χ0) is 11.1. The molecule has 0 fully saturated rings. The number of halogens is 2. The lowest BCUT2D eigenvalue weighted by Crippen LogP contribution is -2.18. The van der Waals surface area contributed by atoms with Gasteiger partial charge in [0, 0.05) is 12.0 Å². The first kappa shape index (κ1) is 10.4. The van der Waals surface area contributed by atoms with Gasteiger partial charge in [0.05, 0.1) is 0 Å². The van der Waals surface area contributed by atoms with E-state index in [1.807, 2.05) is 6.92 Å². The van der Waals surface area contributed by atoms with E-state index in [0.29, 0.717) is 12.2 Å². The number of benzene rings is 1. The van der Waals surface area contributed by atoms with Gasteiger partial charge in [0.1, 0.15) is 18.5 Å². The summed E-state index contributed by atoms with van der Waals surface area (Å²) in [7, 11) is 0. The van der Waals surface area contributed by atoms with Crippen LogP contribution in [0.4, 0.5) is 8.78 Å². The van der Waals surface area contributed by atoms with Crippen molar-refractivity contribution in [3.8, 4) is 5.75 Å². The van der Waals surface area contributed by atoms with E-state index in [1.165, 1.54) is 18.2 Å². The topological polar surface area (TPSA) is 29.5 Å². The molecule has 1 aromatic rings. The van der Waals surface area contributed by atoms with E-state index in [9.17, 15) is 8.78 Å². The zero-order valence-corrected chi connectivity index (χ0v) is 8.34. The quantitative estimate of drug-likeness (QED) is 0.816. The minimum atomic E-state index is -3.17. The Balaban J connectivity index is 2.35. The van der Waals surface area contributed by atoms with Gasteiger partial charge in [0.15, 0.2) is 0 Å². The fourth-order valence-electron chi connectivity index (χ4n) is 1.74. The number of aliphatic hydroxyl groups excluding tert-OH is 1. The molecule has 1 N–H and O–H groups in total. The molecule has 2 rings (SSSR count). The monoisotopic (exact) mass is 214 g/mol. The maximum Gasteiger partial charge on any atom is 0.295 e. The van der Waals surface area contributed by atoms with Crippen molar-refractivity contribution in [2.75, 3.05) is 6.61 Å². The van der Waals surface area contributed by atoms with Crippen LogP contribution in [0.5, 0.6) is 5.75 Å². The van der Waals surface area contributed by atoms with Gasteiger partial charge < -0.3 is 9.84 Å². The molecule has 0 radical (unpaired) electrons. The molecule has 0 saturated heterocycles. The Bertz CT molecular complexity index is 377. The van der Waals surface area contributed by atoms with Crippen molar-refractivity contribution < 1.29 is 18.6 Å². The lowest BCUT2D eigenvalue weighted by Gasteiger charge is -2.14. The second kappa shape index (κ2) is 3.45. The second-order valence-electron chi connectivity index (χ2n) is 3.82. The number of rotatable bonds is 2. The SMILES string of the molecule is CC1Cc2cc(C(F)(F)CO)ccc2O1. The van der Waals surface area contributed by atoms with E-state index in [0.717, 1.165) is 5.56 Å². The first-order chi connectivity index (χ1) is 7.03. The molecule has 2 nitrogen and oxygen atoms in total. The van der Waals surface area contributed by atoms with Gasteiger partial charge in [-0.3, -0.25) is 0 Å². The van der Waals surface area contributed by atoms with Crippen molar-refractivity contribution >= 4 is 0 Å². The van der Waals surface area contributed by atoms with Crippen molar-refractivity contribution in [1.29, 1.82) is 0 Å². The molecule has 1 atom stereocenters. The Morgan fingerprint density at radius 2 is 2.27 bits per heavy atom. The third kappa shape index (κ3) is 1.81. The molecular weight excluding hydrogens is 202 g/mol. The van der Waals surface area contributed by atoms with E-state index in [2.05, 4.69) is 0 Å². The molecule has 1 aliphatic heterocycles. The molecule has 0 saturated carbocycles. The second-order valence-corrected chi connectivity index (χ2v) is 3.82. The van der Waals surface area contributed by atoms with Crippen molar-refractivity contribution in [1.82, 2.24) is 0 Å². The maximum atomic E-state index is 13.2. The number of hydrogen-bond acceptors (Lipinski definition) is 2. The highest BCUT2D eigenvalue weighted by molar-refractivity contribution is 5.41. The number of fused-ring (bicyclic) bond motifs is 1. The summed E-state index contributed by atoms with van der Waals surface area (Å²) in [5.41, 5.74) is 0.634. The van der Waals surface area contributed by atoms with Gasteiger partial charge in [-0.25, -0.2) is 0 Å². The molecule has 0 amide bonds. The highest BCUT2D eigenvalue weighted by Gasteiger charge is 2.32. The van der Waals surface area contributed by atoms with Crippen molar-refractivity contribution in [3.05, 3.63) is 29.3 Å². The summed E-state index contributed by atoms with van der Waals surface area (Å²) in [6.45, 7) is 0.728. The van der Waals surface area contributed by atoms with Gasteiger partial charge >= 0.3 is 0 Å². The average Bonchev–Trinajstić information content (AvgIpc) is 2.56. The highest BCUT2D eigenvalue weighted by atomic mass is 19.3. The fourth-order valence-corrected chi connectivity index (χ4v) is 1.74. The highest BCUT2D eigenvalue weighted by Crippen LogP contribution is 2.34. The predicted octanol–water partition coefficient (Wildman–Crippen LogP) is 2.09. The van der Waals surface area contributed by atoms with Crippen molar-refractivity contribution in [2.45, 2.75) is 25.4 Å². The predicted molar refractivity (Wildman–Crippen MR) is 51.2 cm³/mol. The lowest BCUT2D eigenvalue weighted by atomic mass is 10.0. The lowest BCUT2D eigenvalue weighted by molar-refractivity contribution is -0.0556. The first-order valence-electron chi connectivity index (χ1n) is 4.81. The molecule has 1 unspecified atom stereocenters. The molecule has 15 heavy (non-hydrogen) atoms. The minimum absolute atomic E-state index is 0.0398. The van der Waals surface area contributed by atoms with Crippen molar-refractivity contribution in [2.24, 2.45) is 0 Å². The Hall–Kier alpha value is -1.16. The molecule has 1 aliphatic rings. The fraction of sp³-hybridized carbons (Fsp3) is 0.455. The largest absolute Gasteiger partial charge is 0.490 e. The van der Waals surface area contributed by atoms with E-state index in [-0.39, 0.29) is 11.7 Å². The molecule has 0 aliphatic carbocycles. The zero-order valence-electron chi connectivity index (χ0n) is 8.34. The van der Waals surface area contributed by atoms with Gasteiger partial charge in [-0.05, 0) is 30.7 Å². The smallest absolute Gasteiger partial charge is 0.295 e. The van der Waals surface area contributed by atoms with Crippen LogP contribution in [0.25, 0.3) is 0 Å². The number of ether oxygens (including phenoxy) is 1. The van der Waals surface area contributed by atoms with Gasteiger partial charge in [-0.1, -0.05) is 0 Å². The van der Waals surface area contributed by atoms with Crippen LogP contribution in [-0.4, -0.2) is 17.8 Å². The van der Waals surface area contributed by atoms with Crippen LogP contribution >= 0.6 is 0 Å². The third-order valence-corrected chi connectivity index (χ3v) is 2.52. The summed E-state index contributed by atoms with van der Waals surface area (Å²) in [5.74, 6) is -2.50. The molecule has 82 valence electrons. The van der Waals surface area contributed by atoms with Crippen LogP contribution in [0.2, 0.25) is 0 Å². The normalized spacial score (nSPS) is 19.9. The molecule has 0 aromatic heterocycles. The third-order valence-electron chi connectivity index (χ3n) is 2.52. The molecule has 4 heteroatoms. The van der Waals surface area contributed by atoms with Crippen LogP contribution in [0.1, 0.15) is 18.1 Å². The first-order valence-corrected chi connectivity index (χ1v) is 4.81. The van der Waals surface area contributed by atoms with Crippen LogP contribution in [-0.2, 0) is 12.3 Å². The van der Waals surface area contributed by atoms with Gasteiger partial charge in [-0.15, -0.1) is 0 Å². The Morgan fingerprint density at radius 3 is 2.93 bits per heavy atom. The Kier molecular flexibility index (Phi) is 2.38. The molecule has 0 bridgehead atoms. The minimum Gasteiger partial charge on any atom is -0.490 e. The number of aliphatic hydroxyl groups is 1. The number of hydrogen-bond donors (Lipinski definition) is 1. The summed E-state index contributed by atoms with van der Waals surface area (Å²) in [6, 6.07) is 4.25. The average molecular weight is 214 g/mol. The van der Waals surface area contributed by atoms with E-state index in [4.69, 9.17) is 9.84 Å². The van der Waals surface area contributed by atoms with Crippen LogP contribution < -0.4 is 4.74 Å². The molecular formula is C11H12F2O2. The standard InChI is InChI=1S/C11H12F2O2/c1-7-4-8-5-9(11(12,13)6-14)2-3-10(8)15-7/h2-3,5,7,14H,4,6H2,1H3. The summed E-state index contributed by atoms with van der Waals surface area (Å²) < 4.78 is 31.7. The van der Waals surface area contributed by atoms with Gasteiger partial charge in [0.2, 0.25) is 0 Å². The summed E-state index contributed by atoms with van der Waals surface area (Å²) in [6.07, 6.45) is 0.683. The van der Waals surface area contributed by atoms with Crippen LogP contribution in [0.3, 0.4) is 0 Å². The van der Waals surface area contributed by atoms with Crippen LogP contribution in [0, 0.1) is 0 Å². The van der Waals surface area contributed by atoms with Gasteiger partial charge in [-0.2, -0.15) is 8.78 Å². The Morgan fingerprint density at radius 1 is 1.53 bits per heavy atom. The van der Waals surface area contributed by atoms with E-state index < -0.39 is 12.5 Å². The molecule has 1 heterocycles. The Labute approximate surface area is 86.5 Å². The van der Waals surface area contributed by atoms with Crippen molar-refractivity contribution in [3.63, 3.8) is 0 Å².